The molecule has 0 radical (unpaired) electrons. The topological polar surface area (TPSA) is 111 Å². The Morgan fingerprint density at radius 3 is 2.71 bits per heavy atom. The van der Waals surface area contributed by atoms with Crippen molar-refractivity contribution in [2.45, 2.75) is 33.6 Å². The summed E-state index contributed by atoms with van der Waals surface area (Å²) in [6.45, 7) is 6.45. The van der Waals surface area contributed by atoms with Gasteiger partial charge in [0.2, 0.25) is 0 Å². The van der Waals surface area contributed by atoms with E-state index >= 15 is 0 Å². The standard InChI is InChI=1S/C26H25N7O2/c1-16-7-4-5-8-19(16)13-21-17(2)30-24-22(15-29-33(24)18(21)3)25(34)28-12-10-23-31-26(35-32-23)20-9-6-11-27-14-20/h4-9,11,14-15H,10,12-13H2,1-3H3,(H,28,34). The van der Waals surface area contributed by atoms with E-state index in [2.05, 4.69) is 44.6 Å². The SMILES string of the molecule is Cc1ccccc1Cc1c(C)nc2c(C(=O)NCCc3noc(-c4cccnc4)n3)cnn2c1C. The van der Waals surface area contributed by atoms with Crippen molar-refractivity contribution >= 4 is 11.6 Å². The van der Waals surface area contributed by atoms with Crippen molar-refractivity contribution in [2.24, 2.45) is 0 Å². The predicted molar refractivity (Wildman–Crippen MR) is 130 cm³/mol. The van der Waals surface area contributed by atoms with Crippen molar-refractivity contribution in [1.82, 2.24) is 35.0 Å². The van der Waals surface area contributed by atoms with Crippen molar-refractivity contribution in [3.8, 4) is 11.5 Å². The van der Waals surface area contributed by atoms with Gasteiger partial charge in [-0.25, -0.2) is 9.50 Å². The highest BCUT2D eigenvalue weighted by atomic mass is 16.5. The fraction of sp³-hybridized carbons (Fsp3) is 0.231. The molecule has 35 heavy (non-hydrogen) atoms. The van der Waals surface area contributed by atoms with E-state index in [0.29, 0.717) is 35.9 Å². The second-order valence-electron chi connectivity index (χ2n) is 8.42. The first-order valence-electron chi connectivity index (χ1n) is 11.4. The van der Waals surface area contributed by atoms with Crippen LogP contribution in [0.2, 0.25) is 0 Å². The van der Waals surface area contributed by atoms with Crippen LogP contribution in [0.4, 0.5) is 0 Å². The molecular formula is C26H25N7O2. The van der Waals surface area contributed by atoms with Gasteiger partial charge < -0.3 is 9.84 Å². The number of carbonyl (C=O) groups excluding carboxylic acids is 1. The van der Waals surface area contributed by atoms with E-state index < -0.39 is 0 Å². The van der Waals surface area contributed by atoms with Crippen molar-refractivity contribution in [3.63, 3.8) is 0 Å². The van der Waals surface area contributed by atoms with Gasteiger partial charge in [-0.1, -0.05) is 29.4 Å². The maximum Gasteiger partial charge on any atom is 0.259 e. The van der Waals surface area contributed by atoms with E-state index in [0.717, 1.165) is 28.9 Å². The van der Waals surface area contributed by atoms with Gasteiger partial charge in [-0.2, -0.15) is 10.1 Å². The summed E-state index contributed by atoms with van der Waals surface area (Å²) < 4.78 is 7.03. The average molecular weight is 468 g/mol. The third-order valence-corrected chi connectivity index (χ3v) is 6.09. The number of rotatable bonds is 7. The summed E-state index contributed by atoms with van der Waals surface area (Å²) in [6.07, 6.45) is 6.10. The van der Waals surface area contributed by atoms with Crippen LogP contribution in [0.15, 0.2) is 59.5 Å². The van der Waals surface area contributed by atoms with E-state index in [9.17, 15) is 4.79 Å². The quantitative estimate of drug-likeness (QED) is 0.389. The fourth-order valence-corrected chi connectivity index (χ4v) is 4.07. The van der Waals surface area contributed by atoms with Gasteiger partial charge in [0.05, 0.1) is 11.8 Å². The summed E-state index contributed by atoms with van der Waals surface area (Å²) in [5, 5.41) is 11.3. The summed E-state index contributed by atoms with van der Waals surface area (Å²) in [5.74, 6) is 0.669. The highest BCUT2D eigenvalue weighted by Crippen LogP contribution is 2.22. The molecule has 0 saturated carbocycles. The molecule has 4 aromatic heterocycles. The molecule has 1 aromatic carbocycles. The van der Waals surface area contributed by atoms with Gasteiger partial charge in [0, 0.05) is 43.2 Å². The first-order valence-corrected chi connectivity index (χ1v) is 11.4. The maximum atomic E-state index is 12.9. The zero-order chi connectivity index (χ0) is 24.4. The van der Waals surface area contributed by atoms with Gasteiger partial charge in [-0.15, -0.1) is 0 Å². The zero-order valence-corrected chi connectivity index (χ0v) is 19.8. The molecule has 0 aliphatic rings. The van der Waals surface area contributed by atoms with Crippen molar-refractivity contribution < 1.29 is 9.32 Å². The van der Waals surface area contributed by atoms with Gasteiger partial charge in [0.25, 0.3) is 11.8 Å². The smallest absolute Gasteiger partial charge is 0.259 e. The molecule has 0 bridgehead atoms. The monoisotopic (exact) mass is 467 g/mol. The number of benzene rings is 1. The van der Waals surface area contributed by atoms with Crippen LogP contribution in [-0.2, 0) is 12.8 Å². The molecule has 0 spiro atoms. The Balaban J connectivity index is 1.29. The van der Waals surface area contributed by atoms with E-state index in [1.54, 1.807) is 29.2 Å². The summed E-state index contributed by atoms with van der Waals surface area (Å²) in [7, 11) is 0. The molecule has 0 atom stereocenters. The lowest BCUT2D eigenvalue weighted by Gasteiger charge is -2.13. The Bertz CT molecular complexity index is 1510. The lowest BCUT2D eigenvalue weighted by molar-refractivity contribution is 0.0955. The van der Waals surface area contributed by atoms with Crippen molar-refractivity contribution in [3.05, 3.63) is 94.5 Å². The number of hydrogen-bond donors (Lipinski definition) is 1. The molecule has 5 rings (SSSR count). The molecule has 0 unspecified atom stereocenters. The van der Waals surface area contributed by atoms with E-state index in [1.165, 1.54) is 11.1 Å². The van der Waals surface area contributed by atoms with Crippen molar-refractivity contribution in [2.75, 3.05) is 6.54 Å². The molecule has 9 nitrogen and oxygen atoms in total. The summed E-state index contributed by atoms with van der Waals surface area (Å²) in [4.78, 5) is 26.1. The number of nitrogens with zero attached hydrogens (tertiary/aromatic N) is 6. The molecule has 1 N–H and O–H groups in total. The number of aromatic nitrogens is 6. The molecule has 176 valence electrons. The fourth-order valence-electron chi connectivity index (χ4n) is 4.07. The number of aryl methyl sites for hydroxylation is 3. The van der Waals surface area contributed by atoms with E-state index in [1.807, 2.05) is 32.0 Å². The lowest BCUT2D eigenvalue weighted by Crippen LogP contribution is -2.26. The predicted octanol–water partition coefficient (Wildman–Crippen LogP) is 3.66. The number of fused-ring (bicyclic) bond motifs is 1. The number of pyridine rings is 1. The average Bonchev–Trinajstić information content (AvgIpc) is 3.51. The van der Waals surface area contributed by atoms with Crippen LogP contribution in [0.5, 0.6) is 0 Å². The van der Waals surface area contributed by atoms with Gasteiger partial charge >= 0.3 is 0 Å². The lowest BCUT2D eigenvalue weighted by atomic mass is 9.99. The molecule has 5 aromatic rings. The number of nitrogens with one attached hydrogen (secondary N) is 1. The van der Waals surface area contributed by atoms with E-state index in [4.69, 9.17) is 9.51 Å². The highest BCUT2D eigenvalue weighted by Gasteiger charge is 2.19. The third kappa shape index (κ3) is 4.52. The molecule has 0 aliphatic carbocycles. The van der Waals surface area contributed by atoms with Crippen LogP contribution < -0.4 is 5.32 Å². The number of amides is 1. The highest BCUT2D eigenvalue weighted by molar-refractivity contribution is 5.99. The third-order valence-electron chi connectivity index (χ3n) is 6.09. The Hall–Kier alpha value is -4.40. The van der Waals surface area contributed by atoms with Crippen LogP contribution in [0.1, 0.15) is 44.3 Å². The first kappa shape index (κ1) is 22.4. The Labute approximate surface area is 202 Å². The Morgan fingerprint density at radius 2 is 1.91 bits per heavy atom. The molecule has 0 saturated heterocycles. The molecule has 0 fully saturated rings. The number of hydrogen-bond acceptors (Lipinski definition) is 7. The number of carbonyl (C=O) groups is 1. The molecule has 0 aliphatic heterocycles. The van der Waals surface area contributed by atoms with Gasteiger partial charge in [0.15, 0.2) is 11.5 Å². The van der Waals surface area contributed by atoms with Crippen LogP contribution >= 0.6 is 0 Å². The minimum atomic E-state index is -0.242. The van der Waals surface area contributed by atoms with E-state index in [-0.39, 0.29) is 5.91 Å². The molecule has 4 heterocycles. The molecular weight excluding hydrogens is 442 g/mol. The Kier molecular flexibility index (Phi) is 6.05. The maximum absolute atomic E-state index is 12.9. The minimum Gasteiger partial charge on any atom is -0.351 e. The van der Waals surface area contributed by atoms with Crippen LogP contribution in [0.25, 0.3) is 17.1 Å². The van der Waals surface area contributed by atoms with Crippen LogP contribution in [0, 0.1) is 20.8 Å². The van der Waals surface area contributed by atoms with Gasteiger partial charge in [0.1, 0.15) is 5.56 Å². The first-order chi connectivity index (χ1) is 17.0. The zero-order valence-electron chi connectivity index (χ0n) is 19.8. The Morgan fingerprint density at radius 1 is 1.06 bits per heavy atom. The largest absolute Gasteiger partial charge is 0.351 e. The second-order valence-corrected chi connectivity index (χ2v) is 8.42. The van der Waals surface area contributed by atoms with Gasteiger partial charge in [-0.05, 0) is 49.6 Å². The van der Waals surface area contributed by atoms with Gasteiger partial charge in [-0.3, -0.25) is 9.78 Å². The molecule has 1 amide bonds. The summed E-state index contributed by atoms with van der Waals surface area (Å²) in [6, 6.07) is 12.0. The van der Waals surface area contributed by atoms with Crippen molar-refractivity contribution in [1.29, 1.82) is 0 Å². The van der Waals surface area contributed by atoms with Crippen LogP contribution in [-0.4, -0.2) is 42.2 Å². The normalized spacial score (nSPS) is 11.2. The molecule has 9 heteroatoms. The summed E-state index contributed by atoms with van der Waals surface area (Å²) in [5.41, 5.74) is 7.20. The second kappa shape index (κ2) is 9.46. The summed E-state index contributed by atoms with van der Waals surface area (Å²) >= 11 is 0. The van der Waals surface area contributed by atoms with Crippen LogP contribution in [0.3, 0.4) is 0 Å². The minimum absolute atomic E-state index is 0.242.